The summed E-state index contributed by atoms with van der Waals surface area (Å²) in [4.78, 5) is 19.5. The molecule has 2 fully saturated rings. The van der Waals surface area contributed by atoms with Crippen molar-refractivity contribution in [2.75, 3.05) is 13.2 Å². The number of hydrogen-bond acceptors (Lipinski definition) is 5. The van der Waals surface area contributed by atoms with E-state index in [0.29, 0.717) is 19.8 Å². The monoisotopic (exact) mass is 344 g/mol. The lowest BCUT2D eigenvalue weighted by Gasteiger charge is -2.38. The van der Waals surface area contributed by atoms with Crippen LogP contribution in [-0.2, 0) is 16.1 Å². The van der Waals surface area contributed by atoms with E-state index >= 15 is 0 Å². The molecule has 2 aliphatic rings. The molecule has 0 aromatic carbocycles. The number of nitrogens with zero attached hydrogens (tertiary/aromatic N) is 2. The number of carbonyl (C=O) groups excluding carboxylic acids is 1. The van der Waals surface area contributed by atoms with Gasteiger partial charge in [-0.05, 0) is 42.0 Å². The van der Waals surface area contributed by atoms with Gasteiger partial charge in [0.15, 0.2) is 0 Å². The lowest BCUT2D eigenvalue weighted by molar-refractivity contribution is -0.108. The zero-order chi connectivity index (χ0) is 16.4. The van der Waals surface area contributed by atoms with Crippen molar-refractivity contribution in [2.24, 2.45) is 0 Å². The molecular weight excluding hydrogens is 324 g/mol. The average Bonchev–Trinajstić information content (AvgIpc) is 3.30. The van der Waals surface area contributed by atoms with Crippen LogP contribution in [0.4, 0.5) is 0 Å². The molecule has 5 nitrogen and oxygen atoms in total. The molecule has 0 spiro atoms. The fraction of sp³-hybridized carbons (Fsp3) is 0.444. The highest BCUT2D eigenvalue weighted by Crippen LogP contribution is 2.33. The third-order valence-corrected chi connectivity index (χ3v) is 5.60. The summed E-state index contributed by atoms with van der Waals surface area (Å²) in [6.07, 6.45) is 5.42. The number of morpholine rings is 1. The first-order chi connectivity index (χ1) is 11.8. The van der Waals surface area contributed by atoms with Gasteiger partial charge in [-0.25, -0.2) is 0 Å². The lowest BCUT2D eigenvalue weighted by Crippen LogP contribution is -2.53. The van der Waals surface area contributed by atoms with E-state index < -0.39 is 0 Å². The quantitative estimate of drug-likeness (QED) is 0.856. The maximum absolute atomic E-state index is 12.7. The summed E-state index contributed by atoms with van der Waals surface area (Å²) in [5, 5.41) is 1.94. The molecule has 3 atom stereocenters. The molecule has 0 unspecified atom stereocenters. The summed E-state index contributed by atoms with van der Waals surface area (Å²) >= 11 is 1.50. The molecule has 0 bridgehead atoms. The molecule has 24 heavy (non-hydrogen) atoms. The third-order valence-electron chi connectivity index (χ3n) is 4.74. The van der Waals surface area contributed by atoms with Crippen LogP contribution in [0.3, 0.4) is 0 Å². The fourth-order valence-corrected chi connectivity index (χ4v) is 4.25. The largest absolute Gasteiger partial charge is 0.372 e. The van der Waals surface area contributed by atoms with E-state index in [1.165, 1.54) is 11.3 Å². The van der Waals surface area contributed by atoms with Crippen molar-refractivity contribution in [1.82, 2.24) is 9.88 Å². The number of pyridine rings is 1. The van der Waals surface area contributed by atoms with Gasteiger partial charge in [-0.3, -0.25) is 9.78 Å². The van der Waals surface area contributed by atoms with E-state index in [1.807, 2.05) is 34.5 Å². The fourth-order valence-electron chi connectivity index (χ4n) is 3.57. The molecule has 126 valence electrons. The summed E-state index contributed by atoms with van der Waals surface area (Å²) in [6, 6.07) is 7.85. The van der Waals surface area contributed by atoms with Crippen molar-refractivity contribution in [2.45, 2.75) is 37.7 Å². The van der Waals surface area contributed by atoms with Crippen LogP contribution < -0.4 is 0 Å². The molecular formula is C18H20N2O3S. The van der Waals surface area contributed by atoms with Crippen molar-refractivity contribution < 1.29 is 14.3 Å². The van der Waals surface area contributed by atoms with Crippen LogP contribution in [0, 0.1) is 0 Å². The molecule has 1 aliphatic heterocycles. The predicted molar refractivity (Wildman–Crippen MR) is 90.9 cm³/mol. The van der Waals surface area contributed by atoms with Gasteiger partial charge in [-0.2, -0.15) is 0 Å². The zero-order valence-electron chi connectivity index (χ0n) is 13.3. The minimum atomic E-state index is -0.0236. The van der Waals surface area contributed by atoms with Crippen molar-refractivity contribution in [3.8, 4) is 0 Å². The highest BCUT2D eigenvalue weighted by atomic mass is 32.1. The van der Waals surface area contributed by atoms with Gasteiger partial charge in [0.1, 0.15) is 6.10 Å². The molecule has 0 N–H and O–H groups in total. The normalized spacial score (nSPS) is 26.3. The predicted octanol–water partition coefficient (Wildman–Crippen LogP) is 2.73. The number of thiophene rings is 1. The maximum Gasteiger partial charge on any atom is 0.264 e. The van der Waals surface area contributed by atoms with E-state index in [9.17, 15) is 4.79 Å². The lowest BCUT2D eigenvalue weighted by atomic mass is 10.1. The number of aromatic nitrogens is 1. The molecule has 2 aromatic heterocycles. The Morgan fingerprint density at radius 3 is 3.00 bits per heavy atom. The van der Waals surface area contributed by atoms with Gasteiger partial charge in [0.05, 0.1) is 30.2 Å². The highest BCUT2D eigenvalue weighted by Gasteiger charge is 2.45. The van der Waals surface area contributed by atoms with Crippen LogP contribution in [0.1, 0.15) is 28.1 Å². The van der Waals surface area contributed by atoms with E-state index in [4.69, 9.17) is 9.47 Å². The Labute approximate surface area is 145 Å². The maximum atomic E-state index is 12.7. The van der Waals surface area contributed by atoms with Crippen LogP contribution in [-0.4, -0.2) is 47.2 Å². The van der Waals surface area contributed by atoms with Crippen molar-refractivity contribution in [1.29, 1.82) is 0 Å². The molecule has 4 rings (SSSR count). The first-order valence-corrected chi connectivity index (χ1v) is 9.17. The van der Waals surface area contributed by atoms with Crippen LogP contribution in [0.5, 0.6) is 0 Å². The average molecular weight is 344 g/mol. The van der Waals surface area contributed by atoms with Gasteiger partial charge in [-0.15, -0.1) is 11.3 Å². The smallest absolute Gasteiger partial charge is 0.264 e. The van der Waals surface area contributed by atoms with Crippen molar-refractivity contribution in [3.63, 3.8) is 0 Å². The molecule has 1 amide bonds. The second kappa shape index (κ2) is 7.01. The van der Waals surface area contributed by atoms with Gasteiger partial charge >= 0.3 is 0 Å². The minimum Gasteiger partial charge on any atom is -0.372 e. The summed E-state index contributed by atoms with van der Waals surface area (Å²) in [6.45, 7) is 1.79. The molecule has 1 aliphatic carbocycles. The summed E-state index contributed by atoms with van der Waals surface area (Å²) in [5.74, 6) is 0.123. The number of fused-ring (bicyclic) bond motifs is 1. The second-order valence-electron chi connectivity index (χ2n) is 6.16. The Kier molecular flexibility index (Phi) is 4.60. The number of ether oxygens (including phenoxy) is 2. The van der Waals surface area contributed by atoms with Crippen LogP contribution in [0.2, 0.25) is 0 Å². The Morgan fingerprint density at radius 2 is 2.21 bits per heavy atom. The Hall–Kier alpha value is -1.76. The highest BCUT2D eigenvalue weighted by molar-refractivity contribution is 7.12. The van der Waals surface area contributed by atoms with Gasteiger partial charge < -0.3 is 14.4 Å². The first kappa shape index (κ1) is 15.7. The van der Waals surface area contributed by atoms with E-state index in [2.05, 4.69) is 4.98 Å². The molecule has 2 aromatic rings. The molecule has 0 radical (unpaired) electrons. The Balaban J connectivity index is 1.42. The minimum absolute atomic E-state index is 0.0236. The number of carbonyl (C=O) groups is 1. The summed E-state index contributed by atoms with van der Waals surface area (Å²) < 4.78 is 12.1. The van der Waals surface area contributed by atoms with Crippen LogP contribution in [0.25, 0.3) is 0 Å². The zero-order valence-corrected chi connectivity index (χ0v) is 14.2. The third kappa shape index (κ3) is 3.09. The van der Waals surface area contributed by atoms with Crippen LogP contribution >= 0.6 is 11.3 Å². The van der Waals surface area contributed by atoms with E-state index in [0.717, 1.165) is 23.3 Å². The van der Waals surface area contributed by atoms with E-state index in [1.54, 1.807) is 12.4 Å². The van der Waals surface area contributed by atoms with Gasteiger partial charge in [0.2, 0.25) is 0 Å². The Bertz CT molecular complexity index is 677. The van der Waals surface area contributed by atoms with Gasteiger partial charge in [0, 0.05) is 18.9 Å². The molecule has 3 heterocycles. The summed E-state index contributed by atoms with van der Waals surface area (Å²) in [7, 11) is 0. The van der Waals surface area contributed by atoms with E-state index in [-0.39, 0.29) is 24.2 Å². The van der Waals surface area contributed by atoms with Crippen molar-refractivity contribution in [3.05, 3.63) is 52.5 Å². The SMILES string of the molecule is O=C(c1cccs1)N1CCO[C@@H]2[C@@H](OCc3ccncc3)CC[C@@H]21. The topological polar surface area (TPSA) is 51.7 Å². The first-order valence-electron chi connectivity index (χ1n) is 8.29. The number of amides is 1. The molecule has 1 saturated carbocycles. The molecule has 1 saturated heterocycles. The standard InChI is InChI=1S/C18H20N2O3S/c21-18(16-2-1-11-24-16)20-9-10-22-17-14(20)3-4-15(17)23-12-13-5-7-19-8-6-13/h1-2,5-8,11,14-15,17H,3-4,9-10,12H2/t14-,15-,17-/m0/s1. The van der Waals surface area contributed by atoms with Crippen molar-refractivity contribution >= 4 is 17.2 Å². The molecule has 6 heteroatoms. The van der Waals surface area contributed by atoms with Gasteiger partial charge in [0.25, 0.3) is 5.91 Å². The van der Waals surface area contributed by atoms with Gasteiger partial charge in [-0.1, -0.05) is 6.07 Å². The second-order valence-corrected chi connectivity index (χ2v) is 7.11. The number of hydrogen-bond donors (Lipinski definition) is 0. The number of rotatable bonds is 4. The Morgan fingerprint density at radius 1 is 1.33 bits per heavy atom. The van der Waals surface area contributed by atoms with Crippen LogP contribution in [0.15, 0.2) is 42.0 Å². The summed E-state index contributed by atoms with van der Waals surface area (Å²) in [5.41, 5.74) is 1.11.